The summed E-state index contributed by atoms with van der Waals surface area (Å²) < 4.78 is 21.0. The lowest BCUT2D eigenvalue weighted by Gasteiger charge is -2.18. The van der Waals surface area contributed by atoms with Crippen LogP contribution in [0.5, 0.6) is 5.75 Å². The number of hydrogen-bond acceptors (Lipinski definition) is 4. The highest BCUT2D eigenvalue weighted by molar-refractivity contribution is 5.20. The number of benzene rings is 1. The monoisotopic (exact) mass is 225 g/mol. The summed E-state index contributed by atoms with van der Waals surface area (Å²) in [6.45, 7) is 2.66. The average molecular weight is 225 g/mol. The molecule has 4 nitrogen and oxygen atoms in total. The Bertz CT molecular complexity index is 263. The van der Waals surface area contributed by atoms with Crippen LogP contribution in [-0.2, 0) is 14.2 Å². The fraction of sp³-hybridized carbons (Fsp3) is 0.500. The van der Waals surface area contributed by atoms with Crippen molar-refractivity contribution in [1.29, 1.82) is 0 Å². The summed E-state index contributed by atoms with van der Waals surface area (Å²) in [5.74, 6) is 0.689. The summed E-state index contributed by atoms with van der Waals surface area (Å²) in [6.07, 6.45) is 0. The highest BCUT2D eigenvalue weighted by Gasteiger charge is 2.09. The van der Waals surface area contributed by atoms with Crippen molar-refractivity contribution in [1.82, 2.24) is 0 Å². The fourth-order valence-corrected chi connectivity index (χ4v) is 1.04. The molecule has 0 aromatic heterocycles. The van der Waals surface area contributed by atoms with Crippen molar-refractivity contribution in [2.75, 3.05) is 26.9 Å². The maximum Gasteiger partial charge on any atom is 0.315 e. The molecule has 1 rings (SSSR count). The number of ether oxygens (including phenoxy) is 4. The van der Waals surface area contributed by atoms with E-state index in [1.807, 2.05) is 6.92 Å². The van der Waals surface area contributed by atoms with Crippen molar-refractivity contribution < 1.29 is 18.9 Å². The van der Waals surface area contributed by atoms with Gasteiger partial charge in [-0.15, -0.1) is 0 Å². The summed E-state index contributed by atoms with van der Waals surface area (Å²) in [6, 6.07) is 10.0. The Morgan fingerprint density at radius 1 is 1.19 bits per heavy atom. The van der Waals surface area contributed by atoms with Crippen molar-refractivity contribution >= 4 is 0 Å². The molecule has 0 saturated carbocycles. The predicted octanol–water partition coefficient (Wildman–Crippen LogP) is 1.85. The lowest BCUT2D eigenvalue weighted by molar-refractivity contribution is -0.247. The van der Waals surface area contributed by atoms with Crippen molar-refractivity contribution in [3.05, 3.63) is 30.3 Å². The second kappa shape index (κ2) is 8.10. The van der Waals surface area contributed by atoms with Gasteiger partial charge in [0.2, 0.25) is 0 Å². The van der Waals surface area contributed by atoms with Crippen LogP contribution in [0.1, 0.15) is 6.92 Å². The molecular formula is C12H17O4. The summed E-state index contributed by atoms with van der Waals surface area (Å²) in [7, 11) is 1.62. The van der Waals surface area contributed by atoms with Crippen LogP contribution in [0, 0.1) is 6.07 Å². The Labute approximate surface area is 96.1 Å². The van der Waals surface area contributed by atoms with E-state index in [4.69, 9.17) is 18.9 Å². The lowest BCUT2D eigenvalue weighted by atomic mass is 10.3. The lowest BCUT2D eigenvalue weighted by Crippen LogP contribution is -2.25. The standard InChI is InChI=1S/C12H17O4/c1-3-14-12(15-10-9-13-2)16-11-7-5-4-6-8-11/h5-8,12H,3,9-10H2,1-2H3. The molecule has 1 aromatic carbocycles. The zero-order valence-electron chi connectivity index (χ0n) is 9.64. The molecular weight excluding hydrogens is 208 g/mol. The molecule has 89 valence electrons. The second-order valence-electron chi connectivity index (χ2n) is 2.96. The van der Waals surface area contributed by atoms with Gasteiger partial charge in [-0.1, -0.05) is 12.1 Å². The van der Waals surface area contributed by atoms with Gasteiger partial charge in [-0.2, -0.15) is 0 Å². The Balaban J connectivity index is 2.38. The Kier molecular flexibility index (Phi) is 6.56. The Morgan fingerprint density at radius 2 is 1.94 bits per heavy atom. The van der Waals surface area contributed by atoms with Gasteiger partial charge in [0.05, 0.1) is 19.8 Å². The highest BCUT2D eigenvalue weighted by Crippen LogP contribution is 2.11. The van der Waals surface area contributed by atoms with E-state index in [1.165, 1.54) is 0 Å². The third kappa shape index (κ3) is 5.11. The molecule has 0 aliphatic carbocycles. The molecule has 0 heterocycles. The molecule has 16 heavy (non-hydrogen) atoms. The quantitative estimate of drug-likeness (QED) is 0.500. The van der Waals surface area contributed by atoms with E-state index in [-0.39, 0.29) is 0 Å². The maximum atomic E-state index is 5.48. The minimum absolute atomic E-state index is 0.431. The first kappa shape index (κ1) is 13.0. The number of rotatable bonds is 8. The van der Waals surface area contributed by atoms with Gasteiger partial charge in [-0.25, -0.2) is 0 Å². The smallest absolute Gasteiger partial charge is 0.315 e. The molecule has 0 aliphatic heterocycles. The van der Waals surface area contributed by atoms with E-state index in [9.17, 15) is 0 Å². The molecule has 0 amide bonds. The first-order valence-electron chi connectivity index (χ1n) is 5.21. The highest BCUT2D eigenvalue weighted by atomic mass is 16.8. The van der Waals surface area contributed by atoms with Gasteiger partial charge < -0.3 is 18.9 Å². The predicted molar refractivity (Wildman–Crippen MR) is 59.1 cm³/mol. The van der Waals surface area contributed by atoms with Gasteiger partial charge in [0.25, 0.3) is 0 Å². The Morgan fingerprint density at radius 3 is 2.56 bits per heavy atom. The average Bonchev–Trinajstić information content (AvgIpc) is 2.31. The molecule has 0 aliphatic rings. The van der Waals surface area contributed by atoms with E-state index in [2.05, 4.69) is 6.07 Å². The second-order valence-corrected chi connectivity index (χ2v) is 2.96. The van der Waals surface area contributed by atoms with E-state index in [1.54, 1.807) is 31.4 Å². The zero-order chi connectivity index (χ0) is 11.6. The van der Waals surface area contributed by atoms with Crippen molar-refractivity contribution in [3.63, 3.8) is 0 Å². The summed E-state index contributed by atoms with van der Waals surface area (Å²) in [4.78, 5) is 0. The van der Waals surface area contributed by atoms with Gasteiger partial charge in [-0.05, 0) is 25.1 Å². The van der Waals surface area contributed by atoms with Crippen molar-refractivity contribution in [2.24, 2.45) is 0 Å². The first-order valence-corrected chi connectivity index (χ1v) is 5.21. The normalized spacial score (nSPS) is 12.4. The molecule has 1 radical (unpaired) electrons. The number of hydrogen-bond donors (Lipinski definition) is 0. The van der Waals surface area contributed by atoms with Crippen LogP contribution in [0.2, 0.25) is 0 Å². The minimum atomic E-state index is -0.692. The first-order chi connectivity index (χ1) is 7.86. The van der Waals surface area contributed by atoms with Gasteiger partial charge in [-0.3, -0.25) is 0 Å². The summed E-state index contributed by atoms with van der Waals surface area (Å²) >= 11 is 0. The van der Waals surface area contributed by atoms with Crippen LogP contribution in [0.4, 0.5) is 0 Å². The molecule has 4 heteroatoms. The zero-order valence-corrected chi connectivity index (χ0v) is 9.64. The van der Waals surface area contributed by atoms with E-state index in [0.717, 1.165) is 0 Å². The van der Waals surface area contributed by atoms with E-state index < -0.39 is 6.48 Å². The SMILES string of the molecule is CCOC(OCCOC)Oc1cc[c]cc1. The van der Waals surface area contributed by atoms with Crippen molar-refractivity contribution in [3.8, 4) is 5.75 Å². The molecule has 1 aromatic rings. The van der Waals surface area contributed by atoms with Gasteiger partial charge >= 0.3 is 6.48 Å². The van der Waals surface area contributed by atoms with Gasteiger partial charge in [0, 0.05) is 7.11 Å². The van der Waals surface area contributed by atoms with E-state index >= 15 is 0 Å². The maximum absolute atomic E-state index is 5.48. The van der Waals surface area contributed by atoms with Crippen LogP contribution in [0.3, 0.4) is 0 Å². The van der Waals surface area contributed by atoms with Gasteiger partial charge in [0.1, 0.15) is 5.75 Å². The third-order valence-electron chi connectivity index (χ3n) is 1.76. The molecule has 0 N–H and O–H groups in total. The summed E-state index contributed by atoms with van der Waals surface area (Å²) in [5.41, 5.74) is 0. The van der Waals surface area contributed by atoms with Crippen LogP contribution in [0.25, 0.3) is 0 Å². The van der Waals surface area contributed by atoms with Crippen molar-refractivity contribution in [2.45, 2.75) is 13.4 Å². The van der Waals surface area contributed by atoms with Crippen LogP contribution < -0.4 is 4.74 Å². The topological polar surface area (TPSA) is 36.9 Å². The molecule has 1 atom stereocenters. The molecule has 0 fully saturated rings. The third-order valence-corrected chi connectivity index (χ3v) is 1.76. The van der Waals surface area contributed by atoms with Crippen LogP contribution in [0.15, 0.2) is 24.3 Å². The Hall–Kier alpha value is -1.10. The largest absolute Gasteiger partial charge is 0.441 e. The fourth-order valence-electron chi connectivity index (χ4n) is 1.04. The number of methoxy groups -OCH3 is 1. The van der Waals surface area contributed by atoms with Crippen LogP contribution in [-0.4, -0.2) is 33.4 Å². The summed E-state index contributed by atoms with van der Waals surface area (Å²) in [5, 5.41) is 0. The molecule has 0 spiro atoms. The van der Waals surface area contributed by atoms with Gasteiger partial charge in [0.15, 0.2) is 0 Å². The molecule has 0 saturated heterocycles. The van der Waals surface area contributed by atoms with Crippen LogP contribution >= 0.6 is 0 Å². The van der Waals surface area contributed by atoms with E-state index in [0.29, 0.717) is 25.6 Å². The minimum Gasteiger partial charge on any atom is -0.441 e. The molecule has 1 unspecified atom stereocenters. The molecule has 0 bridgehead atoms.